The third kappa shape index (κ3) is 10.5. The number of hydrogen-bond acceptors (Lipinski definition) is 8. The Bertz CT molecular complexity index is 1340. The fourth-order valence-corrected chi connectivity index (χ4v) is 4.20. The summed E-state index contributed by atoms with van der Waals surface area (Å²) in [4.78, 5) is 70.2. The SMILES string of the molecule is CC(C)[C@H](N)C(=O)N[C@@H](Cc1c[nH]c2ccccc12)C(=O)N[C@@H](C)C(=O)N[C@@H](CO)C(=O)N[C@@H](CCCN=C(N)N)C(=O)O. The Balaban J connectivity index is 2.09. The van der Waals surface area contributed by atoms with E-state index < -0.39 is 66.4 Å². The van der Waals surface area contributed by atoms with Gasteiger partial charge in [0, 0.05) is 30.1 Å². The minimum atomic E-state index is -1.51. The molecule has 44 heavy (non-hydrogen) atoms. The predicted octanol–water partition coefficient (Wildman–Crippen LogP) is -2.22. The Kier molecular flexibility index (Phi) is 13.6. The van der Waals surface area contributed by atoms with Crippen LogP contribution in [0.4, 0.5) is 0 Å². The summed E-state index contributed by atoms with van der Waals surface area (Å²) in [5.74, 6) is -4.68. The maximum absolute atomic E-state index is 13.3. The van der Waals surface area contributed by atoms with Gasteiger partial charge in [-0.15, -0.1) is 0 Å². The second-order valence-corrected chi connectivity index (χ2v) is 10.7. The second kappa shape index (κ2) is 16.8. The fraction of sp³-hybridized carbons (Fsp3) is 0.500. The molecule has 0 aliphatic rings. The van der Waals surface area contributed by atoms with Crippen molar-refractivity contribution in [2.75, 3.05) is 13.2 Å². The van der Waals surface area contributed by atoms with Gasteiger partial charge in [-0.1, -0.05) is 32.0 Å². The van der Waals surface area contributed by atoms with Crippen LogP contribution in [0.5, 0.6) is 0 Å². The highest BCUT2D eigenvalue weighted by Gasteiger charge is 2.31. The van der Waals surface area contributed by atoms with Crippen LogP contribution >= 0.6 is 0 Å². The number of aliphatic imine (C=N–C) groups is 1. The molecule has 1 aromatic carbocycles. The zero-order valence-corrected chi connectivity index (χ0v) is 25.0. The van der Waals surface area contributed by atoms with Crippen LogP contribution in [0.3, 0.4) is 0 Å². The van der Waals surface area contributed by atoms with Crippen LogP contribution in [0.2, 0.25) is 0 Å². The Hall–Kier alpha value is -4.70. The van der Waals surface area contributed by atoms with Crippen molar-refractivity contribution in [2.24, 2.45) is 28.1 Å². The average molecular weight is 618 g/mol. The Morgan fingerprint density at radius 3 is 2.11 bits per heavy atom. The molecular weight excluding hydrogens is 574 g/mol. The molecule has 2 aromatic rings. The number of aromatic amines is 1. The molecule has 1 aromatic heterocycles. The summed E-state index contributed by atoms with van der Waals surface area (Å²) in [5, 5.41) is 29.8. The van der Waals surface area contributed by atoms with Gasteiger partial charge >= 0.3 is 5.97 Å². The smallest absolute Gasteiger partial charge is 0.326 e. The second-order valence-electron chi connectivity index (χ2n) is 10.7. The number of nitrogens with zero attached hydrogens (tertiary/aromatic N) is 1. The van der Waals surface area contributed by atoms with E-state index in [0.29, 0.717) is 0 Å². The van der Waals surface area contributed by atoms with Crippen molar-refractivity contribution in [3.05, 3.63) is 36.0 Å². The highest BCUT2D eigenvalue weighted by atomic mass is 16.4. The number of aromatic nitrogens is 1. The normalized spacial score (nSPS) is 14.5. The van der Waals surface area contributed by atoms with Gasteiger partial charge in [0.15, 0.2) is 5.96 Å². The lowest BCUT2D eigenvalue weighted by Gasteiger charge is -2.25. The molecule has 0 unspecified atom stereocenters. The van der Waals surface area contributed by atoms with Gasteiger partial charge < -0.3 is 53.7 Å². The van der Waals surface area contributed by atoms with E-state index in [1.54, 1.807) is 20.0 Å². The van der Waals surface area contributed by atoms with E-state index >= 15 is 0 Å². The molecule has 0 aliphatic heterocycles. The standard InChI is InChI=1S/C28H43N9O7/c1-14(2)22(29)26(42)36-20(11-16-12-33-18-8-5-4-7-17(16)18)24(40)34-15(3)23(39)37-21(13-38)25(41)35-19(27(43)44)9-6-10-32-28(30)31/h4-5,7-8,12,14-15,19-22,33,38H,6,9-11,13,29H2,1-3H3,(H,34,40)(H,35,41)(H,36,42)(H,37,39)(H,43,44)(H4,30,31,32)/t15-,19-,20-,21-,22-/m0/s1. The number of nitrogens with two attached hydrogens (primary N) is 3. The number of benzene rings is 1. The number of para-hydroxylation sites is 1. The van der Waals surface area contributed by atoms with Gasteiger partial charge in [-0.25, -0.2) is 4.79 Å². The minimum Gasteiger partial charge on any atom is -0.480 e. The average Bonchev–Trinajstić information content (AvgIpc) is 3.38. The number of aliphatic hydroxyl groups excluding tert-OH is 1. The summed E-state index contributed by atoms with van der Waals surface area (Å²) in [7, 11) is 0. The quantitative estimate of drug-likeness (QED) is 0.0518. The van der Waals surface area contributed by atoms with Crippen LogP contribution < -0.4 is 38.5 Å². The van der Waals surface area contributed by atoms with E-state index in [4.69, 9.17) is 17.2 Å². The number of aliphatic carboxylic acids is 1. The van der Waals surface area contributed by atoms with E-state index in [9.17, 15) is 34.2 Å². The zero-order valence-electron chi connectivity index (χ0n) is 25.0. The molecule has 0 radical (unpaired) electrons. The van der Waals surface area contributed by atoms with Gasteiger partial charge in [0.2, 0.25) is 23.6 Å². The van der Waals surface area contributed by atoms with Crippen molar-refractivity contribution in [3.63, 3.8) is 0 Å². The zero-order chi connectivity index (χ0) is 33.0. The van der Waals surface area contributed by atoms with Crippen LogP contribution in [0.25, 0.3) is 10.9 Å². The van der Waals surface area contributed by atoms with Gasteiger partial charge in [-0.2, -0.15) is 0 Å². The maximum Gasteiger partial charge on any atom is 0.326 e. The molecular formula is C28H43N9O7. The Labute approximate surface area is 254 Å². The maximum atomic E-state index is 13.3. The van der Waals surface area contributed by atoms with Crippen LogP contribution in [-0.4, -0.2) is 94.1 Å². The number of fused-ring (bicyclic) bond motifs is 1. The van der Waals surface area contributed by atoms with Crippen molar-refractivity contribution in [1.29, 1.82) is 0 Å². The third-order valence-electron chi connectivity index (χ3n) is 6.88. The highest BCUT2D eigenvalue weighted by molar-refractivity contribution is 5.96. The van der Waals surface area contributed by atoms with E-state index in [1.165, 1.54) is 6.92 Å². The summed E-state index contributed by atoms with van der Waals surface area (Å²) >= 11 is 0. The molecule has 16 heteroatoms. The van der Waals surface area contributed by atoms with Crippen LogP contribution in [-0.2, 0) is 30.4 Å². The Morgan fingerprint density at radius 2 is 1.50 bits per heavy atom. The predicted molar refractivity (Wildman–Crippen MR) is 163 cm³/mol. The number of guanidine groups is 1. The van der Waals surface area contributed by atoms with E-state index in [1.807, 2.05) is 24.3 Å². The molecule has 1 heterocycles. The highest BCUT2D eigenvalue weighted by Crippen LogP contribution is 2.19. The lowest BCUT2D eigenvalue weighted by molar-refractivity contribution is -0.142. The van der Waals surface area contributed by atoms with Crippen molar-refractivity contribution in [1.82, 2.24) is 26.3 Å². The lowest BCUT2D eigenvalue weighted by atomic mass is 10.0. The lowest BCUT2D eigenvalue weighted by Crippen LogP contribution is -2.59. The summed E-state index contributed by atoms with van der Waals surface area (Å²) in [6, 6.07) is 1.41. The van der Waals surface area contributed by atoms with Gasteiger partial charge in [-0.05, 0) is 37.3 Å². The van der Waals surface area contributed by atoms with Gasteiger partial charge in [-0.3, -0.25) is 24.2 Å². The van der Waals surface area contributed by atoms with E-state index in [-0.39, 0.29) is 37.7 Å². The monoisotopic (exact) mass is 617 g/mol. The van der Waals surface area contributed by atoms with Gasteiger partial charge in [0.05, 0.1) is 12.6 Å². The largest absolute Gasteiger partial charge is 0.480 e. The number of amides is 4. The number of rotatable bonds is 17. The van der Waals surface area contributed by atoms with Crippen LogP contribution in [0.15, 0.2) is 35.5 Å². The first-order chi connectivity index (χ1) is 20.7. The molecule has 0 bridgehead atoms. The first kappa shape index (κ1) is 35.5. The number of H-pyrrole nitrogens is 1. The summed E-state index contributed by atoms with van der Waals surface area (Å²) in [6.45, 7) is 4.19. The number of carboxylic acids is 1. The molecule has 16 nitrogen and oxygen atoms in total. The fourth-order valence-electron chi connectivity index (χ4n) is 4.20. The van der Waals surface area contributed by atoms with Crippen molar-refractivity contribution in [3.8, 4) is 0 Å². The number of carbonyl (C=O) groups excluding carboxylic acids is 4. The molecule has 2 rings (SSSR count). The summed E-state index contributed by atoms with van der Waals surface area (Å²) in [6.07, 6.45) is 2.04. The number of nitrogens with one attached hydrogen (secondary N) is 5. The summed E-state index contributed by atoms with van der Waals surface area (Å²) < 4.78 is 0. The molecule has 0 saturated heterocycles. The van der Waals surface area contributed by atoms with Gasteiger partial charge in [0.25, 0.3) is 0 Å². The molecule has 0 saturated carbocycles. The molecule has 0 spiro atoms. The summed E-state index contributed by atoms with van der Waals surface area (Å²) in [5.41, 5.74) is 18.1. The molecule has 242 valence electrons. The molecule has 0 fully saturated rings. The van der Waals surface area contributed by atoms with Crippen LogP contribution in [0, 0.1) is 5.92 Å². The first-order valence-corrected chi connectivity index (χ1v) is 14.2. The molecule has 13 N–H and O–H groups in total. The topological polar surface area (TPSA) is 280 Å². The van der Waals surface area contributed by atoms with Crippen molar-refractivity contribution in [2.45, 2.75) is 70.2 Å². The third-order valence-corrected chi connectivity index (χ3v) is 6.88. The number of aliphatic hydroxyl groups is 1. The van der Waals surface area contributed by atoms with Crippen molar-refractivity contribution >= 4 is 46.5 Å². The number of carbonyl (C=O) groups is 5. The molecule has 0 aliphatic carbocycles. The van der Waals surface area contributed by atoms with E-state index in [0.717, 1.165) is 16.5 Å². The van der Waals surface area contributed by atoms with Crippen molar-refractivity contribution < 1.29 is 34.2 Å². The van der Waals surface area contributed by atoms with E-state index in [2.05, 4.69) is 31.2 Å². The van der Waals surface area contributed by atoms with Gasteiger partial charge in [0.1, 0.15) is 24.2 Å². The number of hydrogen-bond donors (Lipinski definition) is 10. The molecule has 5 atom stereocenters. The molecule has 4 amide bonds. The minimum absolute atomic E-state index is 0.0135. The first-order valence-electron chi connectivity index (χ1n) is 14.2. The Morgan fingerprint density at radius 1 is 0.886 bits per heavy atom. The number of carboxylic acid groups (broad SMARTS) is 1. The van der Waals surface area contributed by atoms with Crippen LogP contribution in [0.1, 0.15) is 39.2 Å².